The van der Waals surface area contributed by atoms with Gasteiger partial charge in [-0.3, -0.25) is 19.2 Å². The second kappa shape index (κ2) is 11.0. The molecule has 2 rings (SSSR count). The number of carbonyl (C=O) groups excluding carboxylic acids is 4. The van der Waals surface area contributed by atoms with Crippen molar-refractivity contribution in [2.75, 3.05) is 24.4 Å². The summed E-state index contributed by atoms with van der Waals surface area (Å²) in [5.74, 6) is -1.39. The first-order valence-electron chi connectivity index (χ1n) is 8.98. The molecule has 0 heterocycles. The van der Waals surface area contributed by atoms with E-state index in [9.17, 15) is 19.2 Å². The number of benzene rings is 2. The zero-order valence-electron chi connectivity index (χ0n) is 16.5. The van der Waals surface area contributed by atoms with Gasteiger partial charge in [0.2, 0.25) is 5.91 Å². The van der Waals surface area contributed by atoms with E-state index in [-0.39, 0.29) is 18.6 Å². The predicted octanol–water partition coefficient (Wildman–Crippen LogP) is 3.45. The summed E-state index contributed by atoms with van der Waals surface area (Å²) >= 11 is 5.90. The van der Waals surface area contributed by atoms with Crippen molar-refractivity contribution in [3.8, 4) is 5.75 Å². The Kier molecular flexibility index (Phi) is 8.37. The lowest BCUT2D eigenvalue weighted by molar-refractivity contribution is -0.147. The molecule has 0 spiro atoms. The van der Waals surface area contributed by atoms with Crippen LogP contribution in [0.15, 0.2) is 42.5 Å². The summed E-state index contributed by atoms with van der Waals surface area (Å²) in [6, 6.07) is 11.2. The first kappa shape index (κ1) is 22.9. The highest BCUT2D eigenvalue weighted by Gasteiger charge is 2.13. The number of hydrogen-bond acceptors (Lipinski definition) is 6. The maximum absolute atomic E-state index is 12.0. The SMILES string of the molecule is COc1ccc(Cl)cc1NC(=O)CCC(=O)OCC(=O)Nc1cccc(C(C)=O)c1. The van der Waals surface area contributed by atoms with Crippen molar-refractivity contribution in [2.45, 2.75) is 19.8 Å². The third kappa shape index (κ3) is 7.21. The monoisotopic (exact) mass is 432 g/mol. The Morgan fingerprint density at radius 2 is 1.73 bits per heavy atom. The summed E-state index contributed by atoms with van der Waals surface area (Å²) < 4.78 is 10.0. The van der Waals surface area contributed by atoms with Gasteiger partial charge in [-0.1, -0.05) is 23.7 Å². The molecule has 9 heteroatoms. The van der Waals surface area contributed by atoms with Crippen LogP contribution >= 0.6 is 11.6 Å². The maximum Gasteiger partial charge on any atom is 0.306 e. The largest absolute Gasteiger partial charge is 0.495 e. The van der Waals surface area contributed by atoms with Crippen LogP contribution in [-0.4, -0.2) is 37.3 Å². The van der Waals surface area contributed by atoms with Crippen molar-refractivity contribution in [1.29, 1.82) is 0 Å². The molecule has 0 atom stereocenters. The summed E-state index contributed by atoms with van der Waals surface area (Å²) in [6.45, 7) is 0.911. The summed E-state index contributed by atoms with van der Waals surface area (Å²) in [4.78, 5) is 47.1. The average molecular weight is 433 g/mol. The standard InChI is InChI=1S/C21H21ClN2O6/c1-13(25)14-4-3-5-16(10-14)23-20(27)12-30-21(28)9-8-19(26)24-17-11-15(22)6-7-18(17)29-2/h3-7,10-11H,8-9,12H2,1-2H3,(H,23,27)(H,24,26). The number of rotatable bonds is 9. The summed E-state index contributed by atoms with van der Waals surface area (Å²) in [6.07, 6.45) is -0.349. The van der Waals surface area contributed by atoms with Crippen LogP contribution in [0.5, 0.6) is 5.75 Å². The Labute approximate surface area is 178 Å². The normalized spacial score (nSPS) is 10.1. The van der Waals surface area contributed by atoms with Gasteiger partial charge in [-0.15, -0.1) is 0 Å². The molecule has 158 valence electrons. The number of methoxy groups -OCH3 is 1. The number of halogens is 1. The smallest absolute Gasteiger partial charge is 0.306 e. The van der Waals surface area contributed by atoms with E-state index < -0.39 is 24.4 Å². The zero-order chi connectivity index (χ0) is 22.1. The number of ether oxygens (including phenoxy) is 2. The van der Waals surface area contributed by atoms with E-state index in [4.69, 9.17) is 21.1 Å². The van der Waals surface area contributed by atoms with Gasteiger partial charge >= 0.3 is 5.97 Å². The van der Waals surface area contributed by atoms with Gasteiger partial charge in [-0.2, -0.15) is 0 Å². The number of nitrogens with one attached hydrogen (secondary N) is 2. The van der Waals surface area contributed by atoms with Crippen molar-refractivity contribution < 1.29 is 28.7 Å². The molecule has 30 heavy (non-hydrogen) atoms. The van der Waals surface area contributed by atoms with Crippen LogP contribution in [-0.2, 0) is 19.1 Å². The van der Waals surface area contributed by atoms with Crippen LogP contribution in [0.25, 0.3) is 0 Å². The average Bonchev–Trinajstić information content (AvgIpc) is 2.71. The fourth-order valence-corrected chi connectivity index (χ4v) is 2.61. The highest BCUT2D eigenvalue weighted by atomic mass is 35.5. The second-order valence-electron chi connectivity index (χ2n) is 6.24. The molecule has 0 aliphatic rings. The molecule has 0 aliphatic heterocycles. The number of hydrogen-bond donors (Lipinski definition) is 2. The Balaban J connectivity index is 1.76. The van der Waals surface area contributed by atoms with Crippen molar-refractivity contribution in [3.63, 3.8) is 0 Å². The molecule has 0 unspecified atom stereocenters. The van der Waals surface area contributed by atoms with Gasteiger partial charge in [0, 0.05) is 22.7 Å². The topological polar surface area (TPSA) is 111 Å². The molecule has 0 bridgehead atoms. The number of esters is 1. The first-order valence-corrected chi connectivity index (χ1v) is 9.36. The van der Waals surface area contributed by atoms with Crippen LogP contribution in [0.3, 0.4) is 0 Å². The molecule has 8 nitrogen and oxygen atoms in total. The van der Waals surface area contributed by atoms with E-state index >= 15 is 0 Å². The lowest BCUT2D eigenvalue weighted by atomic mass is 10.1. The first-order chi connectivity index (χ1) is 14.3. The van der Waals surface area contributed by atoms with Crippen molar-refractivity contribution in [3.05, 3.63) is 53.1 Å². The number of Topliss-reactive ketones (excluding diaryl/α,β-unsaturated/α-hetero) is 1. The minimum absolute atomic E-state index is 0.133. The van der Waals surface area contributed by atoms with Gasteiger partial charge in [0.25, 0.3) is 5.91 Å². The lowest BCUT2D eigenvalue weighted by Crippen LogP contribution is -2.22. The van der Waals surface area contributed by atoms with Gasteiger partial charge in [0.05, 0.1) is 19.2 Å². The van der Waals surface area contributed by atoms with Crippen molar-refractivity contribution in [2.24, 2.45) is 0 Å². The molecule has 0 saturated heterocycles. The highest BCUT2D eigenvalue weighted by Crippen LogP contribution is 2.27. The van der Waals surface area contributed by atoms with E-state index in [0.29, 0.717) is 27.7 Å². The third-order valence-electron chi connectivity index (χ3n) is 3.91. The summed E-state index contributed by atoms with van der Waals surface area (Å²) in [5, 5.41) is 5.56. The van der Waals surface area contributed by atoms with Crippen LogP contribution < -0.4 is 15.4 Å². The quantitative estimate of drug-likeness (QED) is 0.463. The highest BCUT2D eigenvalue weighted by molar-refractivity contribution is 6.31. The fourth-order valence-electron chi connectivity index (χ4n) is 2.44. The fraction of sp³-hybridized carbons (Fsp3) is 0.238. The summed E-state index contributed by atoms with van der Waals surface area (Å²) in [5.41, 5.74) is 1.25. The van der Waals surface area contributed by atoms with Gasteiger partial charge in [-0.05, 0) is 37.3 Å². The Hall–Kier alpha value is -3.39. The van der Waals surface area contributed by atoms with E-state index in [2.05, 4.69) is 10.6 Å². The summed E-state index contributed by atoms with van der Waals surface area (Å²) in [7, 11) is 1.46. The van der Waals surface area contributed by atoms with Gasteiger partial charge in [-0.25, -0.2) is 0 Å². The molecule has 2 aromatic rings. The molecule has 0 saturated carbocycles. The van der Waals surface area contributed by atoms with Gasteiger partial charge in [0.1, 0.15) is 5.75 Å². The van der Waals surface area contributed by atoms with Crippen LogP contribution in [0, 0.1) is 0 Å². The van der Waals surface area contributed by atoms with E-state index in [0.717, 1.165) is 0 Å². The molecule has 0 aliphatic carbocycles. The van der Waals surface area contributed by atoms with Crippen LogP contribution in [0.4, 0.5) is 11.4 Å². The van der Waals surface area contributed by atoms with Crippen LogP contribution in [0.1, 0.15) is 30.1 Å². The molecule has 2 amide bonds. The Bertz CT molecular complexity index is 960. The van der Waals surface area contributed by atoms with E-state index in [1.807, 2.05) is 0 Å². The molecule has 0 fully saturated rings. The Morgan fingerprint density at radius 3 is 2.43 bits per heavy atom. The van der Waals surface area contributed by atoms with Gasteiger partial charge < -0.3 is 20.1 Å². The zero-order valence-corrected chi connectivity index (χ0v) is 17.2. The lowest BCUT2D eigenvalue weighted by Gasteiger charge is -2.10. The maximum atomic E-state index is 12.0. The van der Waals surface area contributed by atoms with Gasteiger partial charge in [0.15, 0.2) is 12.4 Å². The van der Waals surface area contributed by atoms with E-state index in [1.165, 1.54) is 26.2 Å². The van der Waals surface area contributed by atoms with E-state index in [1.54, 1.807) is 30.3 Å². The minimum Gasteiger partial charge on any atom is -0.495 e. The molecule has 0 radical (unpaired) electrons. The Morgan fingerprint density at radius 1 is 0.967 bits per heavy atom. The number of ketones is 1. The van der Waals surface area contributed by atoms with Crippen LogP contribution in [0.2, 0.25) is 5.02 Å². The molecular weight excluding hydrogens is 412 g/mol. The minimum atomic E-state index is -0.698. The second-order valence-corrected chi connectivity index (χ2v) is 6.68. The number of anilines is 2. The predicted molar refractivity (Wildman–Crippen MR) is 112 cm³/mol. The third-order valence-corrected chi connectivity index (χ3v) is 4.14. The molecule has 0 aromatic heterocycles. The molecule has 2 N–H and O–H groups in total. The number of amides is 2. The van der Waals surface area contributed by atoms with Crippen molar-refractivity contribution >= 4 is 46.5 Å². The van der Waals surface area contributed by atoms with Crippen molar-refractivity contribution in [1.82, 2.24) is 0 Å². The molecular formula is C21H21ClN2O6. The number of carbonyl (C=O) groups is 4. The molecule has 2 aromatic carbocycles.